The number of pyridine rings is 1. The van der Waals surface area contributed by atoms with Crippen LogP contribution in [0, 0.1) is 0 Å². The van der Waals surface area contributed by atoms with Crippen molar-refractivity contribution in [3.05, 3.63) is 59.9 Å². The molecule has 26 heavy (non-hydrogen) atoms. The van der Waals surface area contributed by atoms with Crippen molar-refractivity contribution in [1.82, 2.24) is 9.29 Å². The molecule has 0 aliphatic heterocycles. The Morgan fingerprint density at radius 1 is 1.12 bits per heavy atom. The van der Waals surface area contributed by atoms with Gasteiger partial charge in [0.2, 0.25) is 15.9 Å². The van der Waals surface area contributed by atoms with Gasteiger partial charge in [-0.3, -0.25) is 9.78 Å². The molecule has 0 aliphatic rings. The van der Waals surface area contributed by atoms with Gasteiger partial charge in [-0.2, -0.15) is 4.31 Å². The molecule has 0 radical (unpaired) electrons. The van der Waals surface area contributed by atoms with Crippen LogP contribution >= 0.6 is 0 Å². The van der Waals surface area contributed by atoms with Crippen molar-refractivity contribution < 1.29 is 13.2 Å². The molecule has 0 saturated carbocycles. The summed E-state index contributed by atoms with van der Waals surface area (Å²) in [5, 5.41) is 2.74. The minimum Gasteiger partial charge on any atom is -0.325 e. The van der Waals surface area contributed by atoms with E-state index in [1.807, 2.05) is 24.3 Å². The van der Waals surface area contributed by atoms with Crippen LogP contribution in [-0.2, 0) is 26.8 Å². The number of sulfonamides is 1. The van der Waals surface area contributed by atoms with Crippen LogP contribution in [0.2, 0.25) is 0 Å². The third-order valence-corrected chi connectivity index (χ3v) is 5.08. The van der Waals surface area contributed by atoms with Crippen LogP contribution < -0.4 is 5.32 Å². The second-order valence-corrected chi connectivity index (χ2v) is 9.21. The Labute approximate surface area is 155 Å². The molecule has 2 rings (SSSR count). The third-order valence-electron chi connectivity index (χ3n) is 3.89. The van der Waals surface area contributed by atoms with Crippen molar-refractivity contribution in [2.45, 2.75) is 32.7 Å². The van der Waals surface area contributed by atoms with Crippen LogP contribution in [0.3, 0.4) is 0 Å². The van der Waals surface area contributed by atoms with Gasteiger partial charge in [-0.05, 0) is 35.2 Å². The van der Waals surface area contributed by atoms with E-state index in [0.29, 0.717) is 11.4 Å². The zero-order valence-corrected chi connectivity index (χ0v) is 16.4. The quantitative estimate of drug-likeness (QED) is 0.842. The highest BCUT2D eigenvalue weighted by molar-refractivity contribution is 7.88. The standard InChI is InChI=1S/C19H25N3O3S/c1-19(2,3)15-8-10-16(11-9-15)21-18(23)14-22(26(4,24)25)13-17-7-5-6-12-20-17/h5-12H,13-14H2,1-4H3,(H,21,23). The Morgan fingerprint density at radius 2 is 1.77 bits per heavy atom. The lowest BCUT2D eigenvalue weighted by Gasteiger charge is -2.20. The van der Waals surface area contributed by atoms with E-state index in [9.17, 15) is 13.2 Å². The van der Waals surface area contributed by atoms with Crippen molar-refractivity contribution in [2.24, 2.45) is 0 Å². The van der Waals surface area contributed by atoms with E-state index in [4.69, 9.17) is 0 Å². The second-order valence-electron chi connectivity index (χ2n) is 7.23. The first kappa shape index (κ1) is 20.1. The Balaban J connectivity index is 2.05. The molecule has 1 aromatic heterocycles. The van der Waals surface area contributed by atoms with Crippen molar-refractivity contribution in [1.29, 1.82) is 0 Å². The maximum absolute atomic E-state index is 12.3. The average molecular weight is 375 g/mol. The van der Waals surface area contributed by atoms with Gasteiger partial charge in [-0.15, -0.1) is 0 Å². The van der Waals surface area contributed by atoms with Gasteiger partial charge in [0.1, 0.15) is 0 Å². The van der Waals surface area contributed by atoms with Gasteiger partial charge in [-0.1, -0.05) is 39.0 Å². The van der Waals surface area contributed by atoms with Crippen LogP contribution in [0.15, 0.2) is 48.7 Å². The van der Waals surface area contributed by atoms with Gasteiger partial charge in [-0.25, -0.2) is 8.42 Å². The van der Waals surface area contributed by atoms with Crippen molar-refractivity contribution in [2.75, 3.05) is 18.1 Å². The molecule has 140 valence electrons. The summed E-state index contributed by atoms with van der Waals surface area (Å²) in [6.07, 6.45) is 2.67. The van der Waals surface area contributed by atoms with Crippen LogP contribution in [0.1, 0.15) is 32.0 Å². The fourth-order valence-electron chi connectivity index (χ4n) is 2.38. The number of aromatic nitrogens is 1. The van der Waals surface area contributed by atoms with Crippen LogP contribution in [-0.4, -0.2) is 36.4 Å². The Bertz CT molecular complexity index is 842. The lowest BCUT2D eigenvalue weighted by molar-refractivity contribution is -0.116. The van der Waals surface area contributed by atoms with E-state index >= 15 is 0 Å². The monoisotopic (exact) mass is 375 g/mol. The van der Waals surface area contributed by atoms with E-state index in [1.54, 1.807) is 24.4 Å². The van der Waals surface area contributed by atoms with E-state index in [-0.39, 0.29) is 18.5 Å². The predicted octanol–water partition coefficient (Wildman–Crippen LogP) is 2.78. The van der Waals surface area contributed by atoms with Crippen LogP contribution in [0.4, 0.5) is 5.69 Å². The van der Waals surface area contributed by atoms with E-state index in [0.717, 1.165) is 16.1 Å². The number of nitrogens with one attached hydrogen (secondary N) is 1. The highest BCUT2D eigenvalue weighted by atomic mass is 32.2. The zero-order chi connectivity index (χ0) is 19.4. The summed E-state index contributed by atoms with van der Waals surface area (Å²) < 4.78 is 25.1. The molecule has 1 amide bonds. The molecule has 0 unspecified atom stereocenters. The van der Waals surface area contributed by atoms with E-state index < -0.39 is 15.9 Å². The number of nitrogens with zero attached hydrogens (tertiary/aromatic N) is 2. The highest BCUT2D eigenvalue weighted by Gasteiger charge is 2.21. The molecule has 1 aromatic carbocycles. The molecular weight excluding hydrogens is 350 g/mol. The number of benzene rings is 1. The lowest BCUT2D eigenvalue weighted by Crippen LogP contribution is -2.37. The molecule has 0 aliphatic carbocycles. The summed E-state index contributed by atoms with van der Waals surface area (Å²) in [6, 6.07) is 12.8. The molecule has 1 N–H and O–H groups in total. The fourth-order valence-corrected chi connectivity index (χ4v) is 3.10. The van der Waals surface area contributed by atoms with Gasteiger partial charge >= 0.3 is 0 Å². The number of rotatable bonds is 6. The van der Waals surface area contributed by atoms with Crippen LogP contribution in [0.5, 0.6) is 0 Å². The smallest absolute Gasteiger partial charge is 0.239 e. The first-order valence-corrected chi connectivity index (χ1v) is 10.2. The second kappa shape index (κ2) is 7.97. The largest absolute Gasteiger partial charge is 0.325 e. The maximum atomic E-state index is 12.3. The van der Waals surface area contributed by atoms with Gasteiger partial charge < -0.3 is 5.32 Å². The van der Waals surface area contributed by atoms with Gasteiger partial charge in [0.25, 0.3) is 0 Å². The molecular formula is C19H25N3O3S. The maximum Gasteiger partial charge on any atom is 0.239 e. The molecule has 1 heterocycles. The minimum absolute atomic E-state index is 0.0261. The van der Waals surface area contributed by atoms with Crippen LogP contribution in [0.25, 0.3) is 0 Å². The third kappa shape index (κ3) is 5.93. The predicted molar refractivity (Wildman–Crippen MR) is 103 cm³/mol. The number of carbonyl (C=O) groups is 1. The Kier molecular flexibility index (Phi) is 6.15. The summed E-state index contributed by atoms with van der Waals surface area (Å²) >= 11 is 0. The summed E-state index contributed by atoms with van der Waals surface area (Å²) in [5.41, 5.74) is 2.40. The number of hydrogen-bond acceptors (Lipinski definition) is 4. The molecule has 0 atom stereocenters. The molecule has 0 saturated heterocycles. The first-order valence-electron chi connectivity index (χ1n) is 8.31. The minimum atomic E-state index is -3.54. The summed E-state index contributed by atoms with van der Waals surface area (Å²) in [5.74, 6) is -0.394. The Hall–Kier alpha value is -2.25. The number of amides is 1. The van der Waals surface area contributed by atoms with Gasteiger partial charge in [0, 0.05) is 11.9 Å². The SMILES string of the molecule is CC(C)(C)c1ccc(NC(=O)CN(Cc2ccccn2)S(C)(=O)=O)cc1. The molecule has 0 fully saturated rings. The molecule has 0 bridgehead atoms. The number of carbonyl (C=O) groups excluding carboxylic acids is 1. The summed E-state index contributed by atoms with van der Waals surface area (Å²) in [6.45, 7) is 6.12. The van der Waals surface area contributed by atoms with Gasteiger partial charge in [0.05, 0.1) is 25.0 Å². The Morgan fingerprint density at radius 3 is 2.27 bits per heavy atom. The van der Waals surface area contributed by atoms with Crippen molar-refractivity contribution >= 4 is 21.6 Å². The first-order chi connectivity index (χ1) is 12.1. The molecule has 6 nitrogen and oxygen atoms in total. The van der Waals surface area contributed by atoms with E-state index in [2.05, 4.69) is 31.1 Å². The van der Waals surface area contributed by atoms with E-state index in [1.165, 1.54) is 0 Å². The lowest BCUT2D eigenvalue weighted by atomic mass is 9.87. The zero-order valence-electron chi connectivity index (χ0n) is 15.6. The normalized spacial score (nSPS) is 12.2. The summed E-state index contributed by atoms with van der Waals surface area (Å²) in [4.78, 5) is 16.4. The number of anilines is 1. The van der Waals surface area contributed by atoms with Crippen molar-refractivity contribution in [3.63, 3.8) is 0 Å². The highest BCUT2D eigenvalue weighted by Crippen LogP contribution is 2.23. The van der Waals surface area contributed by atoms with Gasteiger partial charge in [0.15, 0.2) is 0 Å². The summed E-state index contributed by atoms with van der Waals surface area (Å²) in [7, 11) is -3.54. The molecule has 0 spiro atoms. The topological polar surface area (TPSA) is 79.4 Å². The average Bonchev–Trinajstić information content (AvgIpc) is 2.54. The molecule has 2 aromatic rings. The van der Waals surface area contributed by atoms with Crippen molar-refractivity contribution in [3.8, 4) is 0 Å². The number of hydrogen-bond donors (Lipinski definition) is 1. The fraction of sp³-hybridized carbons (Fsp3) is 0.368. The molecule has 7 heteroatoms.